The molecule has 0 spiro atoms. The van der Waals surface area contributed by atoms with Gasteiger partial charge in [0, 0.05) is 17.3 Å². The van der Waals surface area contributed by atoms with Crippen LogP contribution in [0.2, 0.25) is 15.1 Å². The number of benzene rings is 1. The normalized spacial score (nSPS) is 10.0. The predicted octanol–water partition coefficient (Wildman–Crippen LogP) is 4.58. The Labute approximate surface area is 113 Å². The molecule has 0 unspecified atom stereocenters. The van der Waals surface area contributed by atoms with Crippen molar-refractivity contribution in [1.82, 2.24) is 4.98 Å². The van der Waals surface area contributed by atoms with Crippen molar-refractivity contribution >= 4 is 34.8 Å². The first-order valence-electron chi connectivity index (χ1n) is 4.63. The molecular weight excluding hydrogens is 279 g/mol. The third kappa shape index (κ3) is 2.53. The van der Waals surface area contributed by atoms with Gasteiger partial charge >= 0.3 is 0 Å². The van der Waals surface area contributed by atoms with Crippen LogP contribution in [0.1, 0.15) is 5.69 Å². The lowest BCUT2D eigenvalue weighted by molar-refractivity contribution is 1.26. The first-order valence-corrected chi connectivity index (χ1v) is 5.76. The van der Waals surface area contributed by atoms with E-state index in [0.29, 0.717) is 20.8 Å². The van der Waals surface area contributed by atoms with Crippen LogP contribution in [0.4, 0.5) is 0 Å². The zero-order valence-corrected chi connectivity index (χ0v) is 10.7. The van der Waals surface area contributed by atoms with E-state index in [1.54, 1.807) is 30.5 Å². The van der Waals surface area contributed by atoms with Crippen molar-refractivity contribution in [3.8, 4) is 17.2 Å². The second-order valence-corrected chi connectivity index (χ2v) is 4.51. The van der Waals surface area contributed by atoms with Gasteiger partial charge in [0.25, 0.3) is 0 Å². The third-order valence-electron chi connectivity index (χ3n) is 2.20. The second kappa shape index (κ2) is 4.93. The number of hydrogen-bond acceptors (Lipinski definition) is 2. The first-order chi connectivity index (χ1) is 8.11. The minimum absolute atomic E-state index is 0.352. The summed E-state index contributed by atoms with van der Waals surface area (Å²) in [5.74, 6) is 0. The van der Waals surface area contributed by atoms with Crippen molar-refractivity contribution in [1.29, 1.82) is 5.26 Å². The highest BCUT2D eigenvalue weighted by atomic mass is 35.5. The van der Waals surface area contributed by atoms with Crippen molar-refractivity contribution in [3.63, 3.8) is 0 Å². The fourth-order valence-corrected chi connectivity index (χ4v) is 2.02. The second-order valence-electron chi connectivity index (χ2n) is 3.29. The topological polar surface area (TPSA) is 36.7 Å². The summed E-state index contributed by atoms with van der Waals surface area (Å²) < 4.78 is 0. The minimum atomic E-state index is 0.352. The van der Waals surface area contributed by atoms with Crippen molar-refractivity contribution in [2.75, 3.05) is 0 Å². The average Bonchev–Trinajstić information content (AvgIpc) is 2.34. The van der Waals surface area contributed by atoms with Crippen LogP contribution in [0.15, 0.2) is 30.5 Å². The van der Waals surface area contributed by atoms with Crippen LogP contribution in [0, 0.1) is 11.3 Å². The zero-order valence-electron chi connectivity index (χ0n) is 8.42. The quantitative estimate of drug-likeness (QED) is 0.718. The van der Waals surface area contributed by atoms with E-state index < -0.39 is 0 Å². The maximum atomic E-state index is 8.66. The zero-order chi connectivity index (χ0) is 12.4. The summed E-state index contributed by atoms with van der Waals surface area (Å²) in [5, 5.41) is 9.98. The smallest absolute Gasteiger partial charge is 0.140 e. The molecule has 2 rings (SSSR count). The molecule has 0 aliphatic heterocycles. The SMILES string of the molecule is N#Cc1ccc(-c2cc(Cl)c(Cl)cc2Cl)cn1. The fourth-order valence-electron chi connectivity index (χ4n) is 1.36. The number of hydrogen-bond donors (Lipinski definition) is 0. The Kier molecular flexibility index (Phi) is 3.54. The van der Waals surface area contributed by atoms with Crippen LogP contribution in [0.25, 0.3) is 11.1 Å². The Hall–Kier alpha value is -1.27. The van der Waals surface area contributed by atoms with Crippen molar-refractivity contribution in [3.05, 3.63) is 51.2 Å². The van der Waals surface area contributed by atoms with Gasteiger partial charge < -0.3 is 0 Å². The summed E-state index contributed by atoms with van der Waals surface area (Å²) in [6.45, 7) is 0. The summed E-state index contributed by atoms with van der Waals surface area (Å²) in [6, 6.07) is 8.59. The molecule has 0 N–H and O–H groups in total. The monoisotopic (exact) mass is 282 g/mol. The summed E-state index contributed by atoms with van der Waals surface area (Å²) in [6.07, 6.45) is 1.57. The number of pyridine rings is 1. The average molecular weight is 284 g/mol. The summed E-state index contributed by atoms with van der Waals surface area (Å²) in [7, 11) is 0. The molecular formula is C12H5Cl3N2. The summed E-state index contributed by atoms with van der Waals surface area (Å²) in [5.41, 5.74) is 1.87. The van der Waals surface area contributed by atoms with E-state index in [2.05, 4.69) is 4.98 Å². The lowest BCUT2D eigenvalue weighted by atomic mass is 10.1. The maximum absolute atomic E-state index is 8.66. The highest BCUT2D eigenvalue weighted by Crippen LogP contribution is 2.34. The third-order valence-corrected chi connectivity index (χ3v) is 3.23. The molecule has 0 aliphatic carbocycles. The molecule has 17 heavy (non-hydrogen) atoms. The number of halogens is 3. The van der Waals surface area contributed by atoms with Gasteiger partial charge in [0.15, 0.2) is 0 Å². The van der Waals surface area contributed by atoms with Crippen LogP contribution >= 0.6 is 34.8 Å². The molecule has 2 aromatic rings. The summed E-state index contributed by atoms with van der Waals surface area (Å²) in [4.78, 5) is 3.97. The van der Waals surface area contributed by atoms with Gasteiger partial charge in [-0.3, -0.25) is 0 Å². The molecule has 0 amide bonds. The molecule has 84 valence electrons. The first kappa shape index (κ1) is 12.2. The molecule has 2 nitrogen and oxygen atoms in total. The lowest BCUT2D eigenvalue weighted by Gasteiger charge is -2.06. The number of rotatable bonds is 1. The van der Waals surface area contributed by atoms with Gasteiger partial charge in [0.2, 0.25) is 0 Å². The van der Waals surface area contributed by atoms with Gasteiger partial charge in [-0.25, -0.2) is 4.98 Å². The van der Waals surface area contributed by atoms with Crippen molar-refractivity contribution in [2.45, 2.75) is 0 Å². The van der Waals surface area contributed by atoms with Gasteiger partial charge in [0.1, 0.15) is 11.8 Å². The lowest BCUT2D eigenvalue weighted by Crippen LogP contribution is -1.85. The van der Waals surface area contributed by atoms with Gasteiger partial charge in [-0.05, 0) is 24.3 Å². The van der Waals surface area contributed by atoms with Gasteiger partial charge in [0.05, 0.1) is 15.1 Å². The van der Waals surface area contributed by atoms with Crippen LogP contribution in [0.5, 0.6) is 0 Å². The Bertz CT molecular complexity index is 600. The Balaban J connectivity index is 2.53. The maximum Gasteiger partial charge on any atom is 0.140 e. The van der Waals surface area contributed by atoms with E-state index in [9.17, 15) is 0 Å². The van der Waals surface area contributed by atoms with E-state index in [-0.39, 0.29) is 0 Å². The number of nitriles is 1. The van der Waals surface area contributed by atoms with E-state index in [4.69, 9.17) is 40.1 Å². The van der Waals surface area contributed by atoms with E-state index >= 15 is 0 Å². The Morgan fingerprint density at radius 3 is 2.29 bits per heavy atom. The van der Waals surface area contributed by atoms with Crippen LogP contribution < -0.4 is 0 Å². The van der Waals surface area contributed by atoms with E-state index in [1.165, 1.54) is 0 Å². The summed E-state index contributed by atoms with van der Waals surface area (Å²) >= 11 is 17.9. The van der Waals surface area contributed by atoms with Crippen molar-refractivity contribution in [2.24, 2.45) is 0 Å². The van der Waals surface area contributed by atoms with Crippen LogP contribution in [-0.2, 0) is 0 Å². The molecule has 0 aliphatic rings. The molecule has 0 saturated carbocycles. The highest BCUT2D eigenvalue weighted by molar-refractivity contribution is 6.44. The highest BCUT2D eigenvalue weighted by Gasteiger charge is 2.08. The molecule has 0 saturated heterocycles. The number of aromatic nitrogens is 1. The molecule has 1 heterocycles. The predicted molar refractivity (Wildman–Crippen MR) is 69.4 cm³/mol. The standard InChI is InChI=1S/C12H5Cl3N2/c13-10-4-12(15)11(14)3-9(10)7-1-2-8(5-16)17-6-7/h1-4,6H. The molecule has 0 fully saturated rings. The minimum Gasteiger partial charge on any atom is -0.245 e. The molecule has 1 aromatic heterocycles. The molecule has 1 aromatic carbocycles. The molecule has 5 heteroatoms. The van der Waals surface area contributed by atoms with E-state index in [0.717, 1.165) is 11.1 Å². The van der Waals surface area contributed by atoms with Gasteiger partial charge in [-0.2, -0.15) is 5.26 Å². The Morgan fingerprint density at radius 1 is 1.00 bits per heavy atom. The Morgan fingerprint density at radius 2 is 1.71 bits per heavy atom. The number of nitrogens with zero attached hydrogens (tertiary/aromatic N) is 2. The molecule has 0 radical (unpaired) electrons. The van der Waals surface area contributed by atoms with Crippen LogP contribution in [-0.4, -0.2) is 4.98 Å². The molecule has 0 atom stereocenters. The van der Waals surface area contributed by atoms with Gasteiger partial charge in [-0.1, -0.05) is 34.8 Å². The molecule has 0 bridgehead atoms. The fraction of sp³-hybridized carbons (Fsp3) is 0. The van der Waals surface area contributed by atoms with Crippen molar-refractivity contribution < 1.29 is 0 Å². The van der Waals surface area contributed by atoms with E-state index in [1.807, 2.05) is 6.07 Å². The van der Waals surface area contributed by atoms with Gasteiger partial charge in [-0.15, -0.1) is 0 Å². The largest absolute Gasteiger partial charge is 0.245 e. The van der Waals surface area contributed by atoms with Crippen LogP contribution in [0.3, 0.4) is 0 Å².